The van der Waals surface area contributed by atoms with Crippen molar-refractivity contribution in [2.24, 2.45) is 5.92 Å². The van der Waals surface area contributed by atoms with Gasteiger partial charge in [0.1, 0.15) is 5.58 Å². The largest absolute Gasteiger partial charge is 0.454 e. The molecule has 1 atom stereocenters. The second kappa shape index (κ2) is 14.9. The van der Waals surface area contributed by atoms with Crippen LogP contribution in [0.15, 0.2) is 205 Å². The number of hydrogen-bond donors (Lipinski definition) is 0. The molecule has 9 aromatic carbocycles. The molecule has 0 aliphatic heterocycles. The summed E-state index contributed by atoms with van der Waals surface area (Å²) in [7, 11) is 0. The Morgan fingerprint density at radius 2 is 1.09 bits per heavy atom. The summed E-state index contributed by atoms with van der Waals surface area (Å²) in [6.45, 7) is 2.26. The van der Waals surface area contributed by atoms with Crippen LogP contribution in [0.3, 0.4) is 0 Å². The van der Waals surface area contributed by atoms with Crippen LogP contribution in [0.25, 0.3) is 123 Å². The molecule has 5 nitrogen and oxygen atoms in total. The molecule has 0 spiro atoms. The molecule has 5 heteroatoms. The second-order valence-electron chi connectivity index (χ2n) is 17.3. The Labute approximate surface area is 375 Å². The lowest BCUT2D eigenvalue weighted by Crippen LogP contribution is -2.05. The Kier molecular flexibility index (Phi) is 8.50. The third-order valence-corrected chi connectivity index (χ3v) is 13.2. The number of rotatable bonds is 6. The average molecular weight is 833 g/mol. The zero-order chi connectivity index (χ0) is 43.0. The molecule has 1 aliphatic carbocycles. The number of furan rings is 1. The van der Waals surface area contributed by atoms with Crippen molar-refractivity contribution in [2.45, 2.75) is 13.3 Å². The number of para-hydroxylation sites is 1. The standard InChI is InChI=1S/C60H40N4O/c1-37-22-23-41-25-27-46(34-47(41)32-37)59-61-58(45-26-24-40-16-8-9-17-42(40)33-45)62-60(63-59)49-19-11-21-55-56(49)48-18-10-20-54(57(48)65-55)64-52-30-28-43(38-12-4-2-5-13-38)35-50(52)51-36-44(29-31-53(51)64)39-14-6-3-7-15-39/h2-31,33-37H,32H2,1H3. The summed E-state index contributed by atoms with van der Waals surface area (Å²) in [6, 6.07) is 69.0. The molecule has 0 saturated carbocycles. The highest BCUT2D eigenvalue weighted by Gasteiger charge is 2.23. The van der Waals surface area contributed by atoms with Crippen LogP contribution in [0.4, 0.5) is 0 Å². The maximum Gasteiger partial charge on any atom is 0.164 e. The highest BCUT2D eigenvalue weighted by molar-refractivity contribution is 6.16. The molecule has 0 bridgehead atoms. The second-order valence-corrected chi connectivity index (χ2v) is 17.3. The molecule has 306 valence electrons. The number of fused-ring (bicyclic) bond motifs is 8. The summed E-state index contributed by atoms with van der Waals surface area (Å²) in [4.78, 5) is 15.8. The highest BCUT2D eigenvalue weighted by Crippen LogP contribution is 2.43. The van der Waals surface area contributed by atoms with E-state index in [0.717, 1.165) is 67.2 Å². The van der Waals surface area contributed by atoms with Gasteiger partial charge in [0.15, 0.2) is 23.1 Å². The molecule has 0 amide bonds. The fraction of sp³-hybridized carbons (Fsp3) is 0.0500. The van der Waals surface area contributed by atoms with E-state index in [-0.39, 0.29) is 0 Å². The minimum absolute atomic E-state index is 0.470. The Balaban J connectivity index is 1.02. The van der Waals surface area contributed by atoms with Gasteiger partial charge in [-0.1, -0.05) is 165 Å². The van der Waals surface area contributed by atoms with Gasteiger partial charge in [0.25, 0.3) is 0 Å². The van der Waals surface area contributed by atoms with E-state index in [1.165, 1.54) is 49.5 Å². The fourth-order valence-electron chi connectivity index (χ4n) is 9.95. The molecular weight excluding hydrogens is 793 g/mol. The van der Waals surface area contributed by atoms with Crippen LogP contribution in [0.1, 0.15) is 18.1 Å². The van der Waals surface area contributed by atoms with Gasteiger partial charge in [0, 0.05) is 38.2 Å². The lowest BCUT2D eigenvalue weighted by Gasteiger charge is -2.17. The Hall–Kier alpha value is -8.41. The molecule has 3 heterocycles. The van der Waals surface area contributed by atoms with Gasteiger partial charge in [-0.3, -0.25) is 0 Å². The van der Waals surface area contributed by atoms with Crippen molar-refractivity contribution >= 4 is 60.6 Å². The van der Waals surface area contributed by atoms with Crippen LogP contribution >= 0.6 is 0 Å². The van der Waals surface area contributed by atoms with Crippen molar-refractivity contribution < 1.29 is 4.42 Å². The molecule has 3 aromatic heterocycles. The summed E-state index contributed by atoms with van der Waals surface area (Å²) in [6.07, 6.45) is 5.49. The molecule has 0 saturated heterocycles. The van der Waals surface area contributed by atoms with Gasteiger partial charge in [0.05, 0.1) is 16.7 Å². The SMILES string of the molecule is CC1C=Cc2ccc(-c3nc(-c4ccc5ccccc5c4)nc(-c4cccc5oc6c(-n7c8ccc(-c9ccccc9)cc8c8cc(-c9ccccc9)ccc87)cccc6c45)n3)cc2C1. The van der Waals surface area contributed by atoms with Crippen LogP contribution in [-0.4, -0.2) is 19.5 Å². The van der Waals surface area contributed by atoms with E-state index in [0.29, 0.717) is 23.4 Å². The summed E-state index contributed by atoms with van der Waals surface area (Å²) in [5.74, 6) is 2.34. The van der Waals surface area contributed by atoms with Crippen LogP contribution in [0.5, 0.6) is 0 Å². The van der Waals surface area contributed by atoms with Gasteiger partial charge < -0.3 is 8.98 Å². The van der Waals surface area contributed by atoms with Gasteiger partial charge in [-0.2, -0.15) is 0 Å². The third kappa shape index (κ3) is 6.27. The Morgan fingerprint density at radius 3 is 1.82 bits per heavy atom. The quantitative estimate of drug-likeness (QED) is 0.167. The van der Waals surface area contributed by atoms with Crippen LogP contribution < -0.4 is 0 Å². The van der Waals surface area contributed by atoms with Gasteiger partial charge in [-0.05, 0) is 105 Å². The summed E-state index contributed by atoms with van der Waals surface area (Å²) in [5, 5.41) is 6.63. The minimum atomic E-state index is 0.470. The van der Waals surface area contributed by atoms with E-state index >= 15 is 0 Å². The number of benzene rings is 9. The van der Waals surface area contributed by atoms with Gasteiger partial charge in [0.2, 0.25) is 0 Å². The van der Waals surface area contributed by atoms with Crippen molar-refractivity contribution in [3.63, 3.8) is 0 Å². The van der Waals surface area contributed by atoms with Crippen molar-refractivity contribution in [3.05, 3.63) is 211 Å². The lowest BCUT2D eigenvalue weighted by atomic mass is 9.89. The van der Waals surface area contributed by atoms with Crippen LogP contribution in [0.2, 0.25) is 0 Å². The van der Waals surface area contributed by atoms with Crippen molar-refractivity contribution in [3.8, 4) is 62.1 Å². The zero-order valence-electron chi connectivity index (χ0n) is 35.6. The Bertz CT molecular complexity index is 3780. The van der Waals surface area contributed by atoms with Gasteiger partial charge in [-0.15, -0.1) is 0 Å². The average Bonchev–Trinajstić information content (AvgIpc) is 3.92. The molecule has 1 aliphatic rings. The molecule has 1 unspecified atom stereocenters. The number of allylic oxidation sites excluding steroid dienone is 1. The van der Waals surface area contributed by atoms with E-state index in [1.807, 2.05) is 6.07 Å². The van der Waals surface area contributed by atoms with Crippen LogP contribution in [0, 0.1) is 5.92 Å². The molecule has 13 rings (SSSR count). The molecule has 0 fully saturated rings. The van der Waals surface area contributed by atoms with Crippen molar-refractivity contribution in [1.82, 2.24) is 19.5 Å². The van der Waals surface area contributed by atoms with E-state index in [2.05, 4.69) is 212 Å². The lowest BCUT2D eigenvalue weighted by molar-refractivity contribution is 0.666. The van der Waals surface area contributed by atoms with E-state index in [9.17, 15) is 0 Å². The first-order chi connectivity index (χ1) is 32.1. The molecule has 0 N–H and O–H groups in total. The van der Waals surface area contributed by atoms with E-state index in [4.69, 9.17) is 19.4 Å². The molecule has 12 aromatic rings. The number of nitrogens with zero attached hydrogens (tertiary/aromatic N) is 4. The maximum absolute atomic E-state index is 7.01. The zero-order valence-corrected chi connectivity index (χ0v) is 35.6. The molecule has 0 radical (unpaired) electrons. The summed E-state index contributed by atoms with van der Waals surface area (Å²) >= 11 is 0. The van der Waals surface area contributed by atoms with Crippen LogP contribution in [-0.2, 0) is 6.42 Å². The maximum atomic E-state index is 7.01. The monoisotopic (exact) mass is 832 g/mol. The van der Waals surface area contributed by atoms with Crippen molar-refractivity contribution in [2.75, 3.05) is 0 Å². The number of aromatic nitrogens is 4. The number of hydrogen-bond acceptors (Lipinski definition) is 4. The van der Waals surface area contributed by atoms with E-state index < -0.39 is 0 Å². The van der Waals surface area contributed by atoms with Crippen molar-refractivity contribution in [1.29, 1.82) is 0 Å². The van der Waals surface area contributed by atoms with Gasteiger partial charge in [-0.25, -0.2) is 15.0 Å². The molecular formula is C60H40N4O. The van der Waals surface area contributed by atoms with Gasteiger partial charge >= 0.3 is 0 Å². The first-order valence-corrected chi connectivity index (χ1v) is 22.3. The highest BCUT2D eigenvalue weighted by atomic mass is 16.3. The predicted octanol–water partition coefficient (Wildman–Crippen LogP) is 15.6. The normalized spacial score (nSPS) is 13.6. The predicted molar refractivity (Wildman–Crippen MR) is 268 cm³/mol. The molecule has 65 heavy (non-hydrogen) atoms. The smallest absolute Gasteiger partial charge is 0.164 e. The first-order valence-electron chi connectivity index (χ1n) is 22.3. The fourth-order valence-corrected chi connectivity index (χ4v) is 9.95. The Morgan fingerprint density at radius 1 is 0.477 bits per heavy atom. The first kappa shape index (κ1) is 37.2. The van der Waals surface area contributed by atoms with E-state index in [1.54, 1.807) is 0 Å². The topological polar surface area (TPSA) is 56.7 Å². The summed E-state index contributed by atoms with van der Waals surface area (Å²) in [5.41, 5.74) is 14.8. The third-order valence-electron chi connectivity index (χ3n) is 13.2. The summed E-state index contributed by atoms with van der Waals surface area (Å²) < 4.78 is 9.37. The minimum Gasteiger partial charge on any atom is -0.454 e.